The van der Waals surface area contributed by atoms with Gasteiger partial charge in [0.2, 0.25) is 0 Å². The van der Waals surface area contributed by atoms with Crippen LogP contribution in [0.5, 0.6) is 0 Å². The van der Waals surface area contributed by atoms with E-state index in [2.05, 4.69) is 0 Å². The zero-order valence-electron chi connectivity index (χ0n) is 18.5. The lowest BCUT2D eigenvalue weighted by Crippen LogP contribution is -2.27. The quantitative estimate of drug-likeness (QED) is 0.215. The largest absolute Gasteiger partial charge is 0.462 e. The number of amides is 2. The van der Waals surface area contributed by atoms with E-state index in [9.17, 15) is 18.8 Å². The molecule has 0 N–H and O–H groups in total. The van der Waals surface area contributed by atoms with E-state index in [0.717, 1.165) is 35.1 Å². The third-order valence-corrected chi connectivity index (χ3v) is 6.10. The molecular weight excluding hydrogens is 457 g/mol. The van der Waals surface area contributed by atoms with Crippen molar-refractivity contribution in [2.75, 3.05) is 6.61 Å². The first-order valence-corrected chi connectivity index (χ1v) is 11.6. The van der Waals surface area contributed by atoms with Crippen LogP contribution in [0.25, 0.3) is 17.4 Å². The highest BCUT2D eigenvalue weighted by Crippen LogP contribution is 2.34. The third-order valence-electron chi connectivity index (χ3n) is 5.20. The van der Waals surface area contributed by atoms with Gasteiger partial charge in [0, 0.05) is 17.2 Å². The second-order valence-electron chi connectivity index (χ2n) is 7.63. The number of rotatable bonds is 8. The average molecular weight is 480 g/mol. The van der Waals surface area contributed by atoms with Crippen molar-refractivity contribution in [1.29, 1.82) is 0 Å². The molecule has 1 fully saturated rings. The summed E-state index contributed by atoms with van der Waals surface area (Å²) >= 11 is 0.785. The first kappa shape index (κ1) is 23.5. The minimum atomic E-state index is -0.498. The predicted molar refractivity (Wildman–Crippen MR) is 127 cm³/mol. The molecule has 2 amide bonds. The lowest BCUT2D eigenvalue weighted by molar-refractivity contribution is -0.123. The van der Waals surface area contributed by atoms with Crippen LogP contribution in [-0.2, 0) is 16.1 Å². The summed E-state index contributed by atoms with van der Waals surface area (Å²) in [5.41, 5.74) is 1.47. The van der Waals surface area contributed by atoms with Crippen LogP contribution in [0.1, 0.15) is 41.4 Å². The summed E-state index contributed by atoms with van der Waals surface area (Å²) in [7, 11) is 0. The van der Waals surface area contributed by atoms with Crippen molar-refractivity contribution in [1.82, 2.24) is 4.90 Å². The monoisotopic (exact) mass is 479 g/mol. The fourth-order valence-corrected chi connectivity index (χ4v) is 4.13. The summed E-state index contributed by atoms with van der Waals surface area (Å²) in [4.78, 5) is 38.3. The second kappa shape index (κ2) is 10.5. The van der Waals surface area contributed by atoms with E-state index in [0.29, 0.717) is 23.7 Å². The Kier molecular flexibility index (Phi) is 7.27. The average Bonchev–Trinajstić information content (AvgIpc) is 3.41. The first-order valence-electron chi connectivity index (χ1n) is 10.8. The first-order chi connectivity index (χ1) is 16.5. The van der Waals surface area contributed by atoms with Crippen LogP contribution >= 0.6 is 11.8 Å². The highest BCUT2D eigenvalue weighted by molar-refractivity contribution is 8.18. The Morgan fingerprint density at radius 1 is 1.09 bits per heavy atom. The highest BCUT2D eigenvalue weighted by atomic mass is 32.2. The van der Waals surface area contributed by atoms with Crippen LogP contribution in [0.2, 0.25) is 0 Å². The Hall–Kier alpha value is -3.65. The molecule has 4 rings (SSSR count). The van der Waals surface area contributed by atoms with Crippen molar-refractivity contribution in [3.8, 4) is 11.3 Å². The minimum Gasteiger partial charge on any atom is -0.462 e. The number of imide groups is 1. The van der Waals surface area contributed by atoms with E-state index in [1.54, 1.807) is 48.5 Å². The molecule has 2 aromatic carbocycles. The van der Waals surface area contributed by atoms with Crippen LogP contribution in [0.4, 0.5) is 9.18 Å². The molecule has 0 radical (unpaired) electrons. The Balaban J connectivity index is 1.44. The highest BCUT2D eigenvalue weighted by Gasteiger charge is 2.35. The van der Waals surface area contributed by atoms with Crippen LogP contribution in [0.15, 0.2) is 70.0 Å². The number of hydrogen-bond donors (Lipinski definition) is 0. The summed E-state index contributed by atoms with van der Waals surface area (Å²) < 4.78 is 25.0. The molecule has 0 atom stereocenters. The van der Waals surface area contributed by atoms with Crippen LogP contribution in [0.3, 0.4) is 0 Å². The maximum absolute atomic E-state index is 13.9. The van der Waals surface area contributed by atoms with Crippen molar-refractivity contribution >= 4 is 35.0 Å². The second-order valence-corrected chi connectivity index (χ2v) is 8.62. The van der Waals surface area contributed by atoms with Gasteiger partial charge in [0.05, 0.1) is 23.6 Å². The van der Waals surface area contributed by atoms with E-state index in [4.69, 9.17) is 9.15 Å². The molecule has 1 aliphatic rings. The van der Waals surface area contributed by atoms with E-state index in [1.165, 1.54) is 18.2 Å². The number of furan rings is 1. The Labute approximate surface area is 200 Å². The van der Waals surface area contributed by atoms with Gasteiger partial charge in [-0.05, 0) is 48.5 Å². The Morgan fingerprint density at radius 3 is 2.59 bits per heavy atom. The summed E-state index contributed by atoms with van der Waals surface area (Å²) in [5.74, 6) is -0.396. The van der Waals surface area contributed by atoms with Gasteiger partial charge in [-0.15, -0.1) is 0 Å². The van der Waals surface area contributed by atoms with Crippen molar-refractivity contribution < 1.29 is 27.9 Å². The maximum Gasteiger partial charge on any atom is 0.338 e. The molecule has 2 heterocycles. The lowest BCUT2D eigenvalue weighted by atomic mass is 10.1. The number of unbranched alkanes of at least 4 members (excludes halogenated alkanes) is 1. The molecule has 1 aromatic heterocycles. The fraction of sp³-hybridized carbons (Fsp3) is 0.192. The van der Waals surface area contributed by atoms with Gasteiger partial charge >= 0.3 is 5.97 Å². The molecule has 8 heteroatoms. The van der Waals surface area contributed by atoms with E-state index in [1.807, 2.05) is 6.92 Å². The molecular formula is C26H22FNO5S. The number of carbonyl (C=O) groups excluding carboxylic acids is 3. The van der Waals surface area contributed by atoms with Gasteiger partial charge in [-0.3, -0.25) is 14.5 Å². The number of hydrogen-bond acceptors (Lipinski definition) is 6. The molecule has 0 aliphatic carbocycles. The summed E-state index contributed by atoms with van der Waals surface area (Å²) in [6, 6.07) is 16.3. The third kappa shape index (κ3) is 5.28. The van der Waals surface area contributed by atoms with Gasteiger partial charge < -0.3 is 9.15 Å². The molecule has 174 valence electrons. The normalized spacial score (nSPS) is 14.8. The van der Waals surface area contributed by atoms with Gasteiger partial charge in [0.25, 0.3) is 11.1 Å². The van der Waals surface area contributed by atoms with Crippen LogP contribution < -0.4 is 0 Å². The molecule has 34 heavy (non-hydrogen) atoms. The summed E-state index contributed by atoms with van der Waals surface area (Å²) in [6.45, 7) is 2.28. The predicted octanol–water partition coefficient (Wildman–Crippen LogP) is 6.28. The van der Waals surface area contributed by atoms with Gasteiger partial charge in [-0.2, -0.15) is 0 Å². The van der Waals surface area contributed by atoms with Crippen molar-refractivity contribution in [3.05, 3.63) is 88.3 Å². The lowest BCUT2D eigenvalue weighted by Gasteiger charge is -2.12. The number of thioether (sulfide) groups is 1. The Bertz CT molecular complexity index is 1250. The topological polar surface area (TPSA) is 76.8 Å². The minimum absolute atomic E-state index is 0.134. The number of ether oxygens (including phenoxy) is 1. The van der Waals surface area contributed by atoms with Crippen LogP contribution in [0, 0.1) is 5.82 Å². The van der Waals surface area contributed by atoms with Gasteiger partial charge in [-0.25, -0.2) is 9.18 Å². The SMILES string of the molecule is CCCCOC(=O)c1ccc(-c2ccc(/C=C3\SC(=O)N(Cc4ccccc4F)C3=O)o2)cc1. The van der Waals surface area contributed by atoms with Crippen molar-refractivity contribution in [3.63, 3.8) is 0 Å². The number of halogens is 1. The number of carbonyl (C=O) groups is 3. The number of nitrogens with zero attached hydrogens (tertiary/aromatic N) is 1. The molecule has 0 unspecified atom stereocenters. The van der Waals surface area contributed by atoms with E-state index in [-0.39, 0.29) is 23.0 Å². The number of esters is 1. The van der Waals surface area contributed by atoms with E-state index >= 15 is 0 Å². The van der Waals surface area contributed by atoms with E-state index < -0.39 is 17.0 Å². The molecule has 3 aromatic rings. The summed E-state index contributed by atoms with van der Waals surface area (Å²) in [5, 5.41) is -0.465. The molecule has 0 saturated carbocycles. The fourth-order valence-electron chi connectivity index (χ4n) is 3.31. The molecule has 1 saturated heterocycles. The van der Waals surface area contributed by atoms with Crippen LogP contribution in [-0.4, -0.2) is 28.6 Å². The molecule has 0 spiro atoms. The van der Waals surface area contributed by atoms with Gasteiger partial charge in [-0.1, -0.05) is 43.7 Å². The summed E-state index contributed by atoms with van der Waals surface area (Å²) in [6.07, 6.45) is 3.27. The molecule has 0 bridgehead atoms. The zero-order valence-corrected chi connectivity index (χ0v) is 19.3. The van der Waals surface area contributed by atoms with Crippen molar-refractivity contribution in [2.45, 2.75) is 26.3 Å². The van der Waals surface area contributed by atoms with Gasteiger partial charge in [0.1, 0.15) is 17.3 Å². The molecule has 6 nitrogen and oxygen atoms in total. The zero-order chi connectivity index (χ0) is 24.1. The van der Waals surface area contributed by atoms with Crippen molar-refractivity contribution in [2.24, 2.45) is 0 Å². The number of benzene rings is 2. The maximum atomic E-state index is 13.9. The van der Waals surface area contributed by atoms with Gasteiger partial charge in [0.15, 0.2) is 0 Å². The molecule has 1 aliphatic heterocycles. The smallest absolute Gasteiger partial charge is 0.338 e. The Morgan fingerprint density at radius 2 is 1.85 bits per heavy atom. The standard InChI is InChI=1S/C26H22FNO5S/c1-2-3-14-32-25(30)18-10-8-17(9-11-18)22-13-12-20(33-22)15-23-24(29)28(26(31)34-23)16-19-6-4-5-7-21(19)27/h4-13,15H,2-3,14,16H2,1H3/b23-15-.